The van der Waals surface area contributed by atoms with Gasteiger partial charge in [-0.3, -0.25) is 0 Å². The molecule has 0 aliphatic rings. The maximum absolute atomic E-state index is 11.8. The summed E-state index contributed by atoms with van der Waals surface area (Å²) in [6.07, 6.45) is 1.87. The monoisotopic (exact) mass is 215 g/mol. The third-order valence-electron chi connectivity index (χ3n) is 2.27. The topological polar surface area (TPSA) is 26.0 Å². The van der Waals surface area contributed by atoms with Crippen molar-refractivity contribution < 1.29 is 13.2 Å². The lowest BCUT2D eigenvalue weighted by molar-refractivity contribution is -0.0328. The van der Waals surface area contributed by atoms with Crippen LogP contribution >= 0.6 is 11.8 Å². The second-order valence-corrected chi connectivity index (χ2v) is 4.27. The molecule has 1 nitrogen and oxygen atoms in total. The Balaban J connectivity index is 3.74. The van der Waals surface area contributed by atoms with Crippen molar-refractivity contribution in [2.24, 2.45) is 5.73 Å². The molecule has 0 heterocycles. The average molecular weight is 215 g/mol. The summed E-state index contributed by atoms with van der Waals surface area (Å²) < 4.78 is 35.3. The van der Waals surface area contributed by atoms with Gasteiger partial charge in [0.2, 0.25) is 0 Å². The van der Waals surface area contributed by atoms with E-state index in [1.165, 1.54) is 0 Å². The molecule has 0 saturated heterocycles. The highest BCUT2D eigenvalue weighted by molar-refractivity contribution is 8.00. The summed E-state index contributed by atoms with van der Waals surface area (Å²) in [6, 6.07) is 0. The zero-order chi connectivity index (χ0) is 10.5. The fourth-order valence-electron chi connectivity index (χ4n) is 0.974. The van der Waals surface area contributed by atoms with Gasteiger partial charge in [-0.1, -0.05) is 25.6 Å². The van der Waals surface area contributed by atoms with E-state index in [1.54, 1.807) is 0 Å². The lowest BCUT2D eigenvalue weighted by Crippen LogP contribution is -2.39. The van der Waals surface area contributed by atoms with Crippen LogP contribution in [0.2, 0.25) is 0 Å². The molecular weight excluding hydrogens is 199 g/mol. The number of alkyl halides is 3. The maximum atomic E-state index is 11.8. The smallest absolute Gasteiger partial charge is 0.325 e. The molecule has 2 N–H and O–H groups in total. The Morgan fingerprint density at radius 1 is 1.15 bits per heavy atom. The van der Waals surface area contributed by atoms with Crippen LogP contribution in [-0.4, -0.2) is 16.8 Å². The molecule has 0 aromatic heterocycles. The van der Waals surface area contributed by atoms with Gasteiger partial charge in [0.15, 0.2) is 0 Å². The molecule has 0 aromatic rings. The molecule has 0 rings (SSSR count). The number of hydrogen-bond donors (Lipinski definition) is 1. The normalized spacial score (nSPS) is 13.4. The van der Waals surface area contributed by atoms with Crippen molar-refractivity contribution in [1.82, 2.24) is 0 Å². The van der Waals surface area contributed by atoms with Crippen LogP contribution in [0.1, 0.15) is 33.1 Å². The Morgan fingerprint density at radius 2 is 1.62 bits per heavy atom. The van der Waals surface area contributed by atoms with Crippen molar-refractivity contribution in [3.05, 3.63) is 0 Å². The van der Waals surface area contributed by atoms with E-state index in [4.69, 9.17) is 5.73 Å². The van der Waals surface area contributed by atoms with Crippen molar-refractivity contribution in [3.8, 4) is 0 Å². The van der Waals surface area contributed by atoms with E-state index in [1.807, 2.05) is 13.8 Å². The van der Waals surface area contributed by atoms with Crippen molar-refractivity contribution in [1.29, 1.82) is 0 Å². The quantitative estimate of drug-likeness (QED) is 0.762. The lowest BCUT2D eigenvalue weighted by atomic mass is 9.91. The van der Waals surface area contributed by atoms with Gasteiger partial charge in [-0.15, -0.1) is 0 Å². The molecule has 0 fully saturated rings. The summed E-state index contributed by atoms with van der Waals surface area (Å²) in [6.45, 7) is 3.81. The lowest BCUT2D eigenvalue weighted by Gasteiger charge is -2.26. The zero-order valence-corrected chi connectivity index (χ0v) is 8.76. The van der Waals surface area contributed by atoms with Gasteiger partial charge in [-0.05, 0) is 19.3 Å². The molecule has 0 amide bonds. The minimum absolute atomic E-state index is 0.0112. The molecule has 80 valence electrons. The SMILES string of the molecule is CCC(N)(CC)CCSC(F)(F)F. The first-order valence-corrected chi connectivity index (χ1v) is 5.31. The van der Waals surface area contributed by atoms with E-state index in [-0.39, 0.29) is 17.5 Å². The molecule has 0 unspecified atom stereocenters. The summed E-state index contributed by atoms with van der Waals surface area (Å²) >= 11 is 0.0112. The third kappa shape index (κ3) is 6.21. The Hall–Kier alpha value is 0.100. The Labute approximate surface area is 81.3 Å². The highest BCUT2D eigenvalue weighted by Gasteiger charge is 2.29. The molecule has 0 aliphatic heterocycles. The number of hydrogen-bond acceptors (Lipinski definition) is 2. The van der Waals surface area contributed by atoms with Gasteiger partial charge in [0.05, 0.1) is 0 Å². The maximum Gasteiger partial charge on any atom is 0.441 e. The number of thioether (sulfide) groups is 1. The van der Waals surface area contributed by atoms with Crippen LogP contribution in [0.15, 0.2) is 0 Å². The van der Waals surface area contributed by atoms with E-state index in [0.29, 0.717) is 6.42 Å². The molecule has 5 heteroatoms. The summed E-state index contributed by atoms with van der Waals surface area (Å²) in [5, 5.41) is 0. The van der Waals surface area contributed by atoms with Crippen LogP contribution in [0.4, 0.5) is 13.2 Å². The third-order valence-corrected chi connectivity index (χ3v) is 3.01. The van der Waals surface area contributed by atoms with Gasteiger partial charge in [0.1, 0.15) is 0 Å². The fraction of sp³-hybridized carbons (Fsp3) is 1.00. The standard InChI is InChI=1S/C8H16F3NS/c1-3-7(12,4-2)5-6-13-8(9,10)11/h3-6,12H2,1-2H3. The first kappa shape index (κ1) is 13.1. The van der Waals surface area contributed by atoms with Gasteiger partial charge >= 0.3 is 5.51 Å². The second kappa shape index (κ2) is 5.10. The average Bonchev–Trinajstić information content (AvgIpc) is 2.02. The molecule has 0 radical (unpaired) electrons. The van der Waals surface area contributed by atoms with E-state index in [2.05, 4.69) is 0 Å². The number of halogens is 3. The van der Waals surface area contributed by atoms with Crippen LogP contribution in [0, 0.1) is 0 Å². The van der Waals surface area contributed by atoms with Crippen LogP contribution < -0.4 is 5.73 Å². The summed E-state index contributed by atoms with van der Waals surface area (Å²) in [4.78, 5) is 0. The molecule has 0 atom stereocenters. The van der Waals surface area contributed by atoms with Crippen LogP contribution in [0.3, 0.4) is 0 Å². The van der Waals surface area contributed by atoms with E-state index < -0.39 is 11.0 Å². The minimum Gasteiger partial charge on any atom is -0.325 e. The van der Waals surface area contributed by atoms with Crippen molar-refractivity contribution >= 4 is 11.8 Å². The van der Waals surface area contributed by atoms with Crippen LogP contribution in [-0.2, 0) is 0 Å². The Morgan fingerprint density at radius 3 is 1.92 bits per heavy atom. The summed E-state index contributed by atoms with van der Waals surface area (Å²) in [5.74, 6) is 0.0572. The predicted octanol–water partition coefficient (Wildman–Crippen LogP) is 3.15. The molecule has 0 spiro atoms. The van der Waals surface area contributed by atoms with Crippen LogP contribution in [0.25, 0.3) is 0 Å². The Kier molecular flexibility index (Phi) is 5.14. The van der Waals surface area contributed by atoms with E-state index in [9.17, 15) is 13.2 Å². The molecule has 0 saturated carbocycles. The van der Waals surface area contributed by atoms with Crippen molar-refractivity contribution in [2.45, 2.75) is 44.2 Å². The minimum atomic E-state index is -4.12. The van der Waals surface area contributed by atoms with Crippen LogP contribution in [0.5, 0.6) is 0 Å². The van der Waals surface area contributed by atoms with Gasteiger partial charge in [0.25, 0.3) is 0 Å². The van der Waals surface area contributed by atoms with Crippen molar-refractivity contribution in [2.75, 3.05) is 5.75 Å². The fourth-order valence-corrected chi connectivity index (χ4v) is 1.71. The largest absolute Gasteiger partial charge is 0.441 e. The molecular formula is C8H16F3NS. The highest BCUT2D eigenvalue weighted by Crippen LogP contribution is 2.32. The summed E-state index contributed by atoms with van der Waals surface area (Å²) in [7, 11) is 0. The van der Waals surface area contributed by atoms with E-state index >= 15 is 0 Å². The van der Waals surface area contributed by atoms with Crippen molar-refractivity contribution in [3.63, 3.8) is 0 Å². The highest BCUT2D eigenvalue weighted by atomic mass is 32.2. The number of rotatable bonds is 5. The van der Waals surface area contributed by atoms with Gasteiger partial charge in [-0.25, -0.2) is 0 Å². The molecule has 0 aromatic carbocycles. The predicted molar refractivity (Wildman–Crippen MR) is 50.6 cm³/mol. The van der Waals surface area contributed by atoms with Gasteiger partial charge in [-0.2, -0.15) is 13.2 Å². The first-order valence-electron chi connectivity index (χ1n) is 4.32. The van der Waals surface area contributed by atoms with E-state index in [0.717, 1.165) is 12.8 Å². The molecule has 0 aliphatic carbocycles. The Bertz CT molecular complexity index is 143. The zero-order valence-electron chi connectivity index (χ0n) is 7.95. The second-order valence-electron chi connectivity index (χ2n) is 3.11. The molecule has 0 bridgehead atoms. The first-order chi connectivity index (χ1) is 5.83. The number of nitrogens with two attached hydrogens (primary N) is 1. The van der Waals surface area contributed by atoms with Gasteiger partial charge in [0, 0.05) is 11.3 Å². The summed E-state index contributed by atoms with van der Waals surface area (Å²) in [5.41, 5.74) is 1.30. The molecule has 13 heavy (non-hydrogen) atoms. The van der Waals surface area contributed by atoms with Gasteiger partial charge < -0.3 is 5.73 Å².